The maximum absolute atomic E-state index is 14.1. The molecule has 13 nitrogen and oxygen atoms in total. The van der Waals surface area contributed by atoms with E-state index in [4.69, 9.17) is 23.7 Å². The van der Waals surface area contributed by atoms with E-state index in [0.717, 1.165) is 4.90 Å². The number of anilines is 1. The molecule has 0 aromatic heterocycles. The van der Waals surface area contributed by atoms with Gasteiger partial charge in [0.15, 0.2) is 0 Å². The minimum atomic E-state index is -1.88. The number of rotatable bonds is 9. The predicted octanol–water partition coefficient (Wildman–Crippen LogP) is 1.15. The molecule has 7 fully saturated rings. The molecule has 1 aromatic carbocycles. The van der Waals surface area contributed by atoms with Crippen LogP contribution in [0.2, 0.25) is 0 Å². The van der Waals surface area contributed by atoms with E-state index in [1.807, 2.05) is 6.92 Å². The van der Waals surface area contributed by atoms with E-state index in [9.17, 15) is 29.7 Å². The second kappa shape index (κ2) is 11.3. The number of likely N-dealkylation sites (tertiary alicyclic amines) is 1. The molecular formula is C37H50N2O11. The Morgan fingerprint density at radius 1 is 0.960 bits per heavy atom. The van der Waals surface area contributed by atoms with E-state index in [-0.39, 0.29) is 54.9 Å². The van der Waals surface area contributed by atoms with Crippen LogP contribution >= 0.6 is 0 Å². The molecule has 7 bridgehead atoms. The molecule has 5 saturated carbocycles. The first-order chi connectivity index (χ1) is 23.8. The highest BCUT2D eigenvalue weighted by molar-refractivity contribution is 6.22. The zero-order valence-electron chi connectivity index (χ0n) is 29.7. The molecule has 13 heteroatoms. The predicted molar refractivity (Wildman–Crippen MR) is 176 cm³/mol. The summed E-state index contributed by atoms with van der Waals surface area (Å²) in [7, 11) is 6.33. The van der Waals surface area contributed by atoms with E-state index in [2.05, 4.69) is 4.90 Å². The topological polar surface area (TPSA) is 165 Å². The van der Waals surface area contributed by atoms with Crippen LogP contribution < -0.4 is 4.90 Å². The molecule has 50 heavy (non-hydrogen) atoms. The number of nitrogens with zero attached hydrogens (tertiary/aromatic N) is 2. The number of para-hydroxylation sites is 1. The fourth-order valence-corrected chi connectivity index (χ4v) is 13.2. The second-order valence-electron chi connectivity index (χ2n) is 16.1. The number of amides is 2. The molecule has 1 spiro atoms. The van der Waals surface area contributed by atoms with Gasteiger partial charge in [0.1, 0.15) is 11.2 Å². The number of likely N-dealkylation sites (N-methyl/N-ethyl adjacent to an activating group) is 1. The van der Waals surface area contributed by atoms with Crippen molar-refractivity contribution in [1.82, 2.24) is 4.90 Å². The second-order valence-corrected chi connectivity index (χ2v) is 16.1. The number of carbonyl (C=O) groups is 3. The molecule has 5 aliphatic carbocycles. The SMILES string of the molecule is CCN1C[C@]2(COC(=O)c3ccccc3N3C(=O)C[C@@H](C)C3=O)CC[C@H](OC)[C@@]34[C@@H]2[C@H](OC)[C@](O)([C@@H]13)[C@@]1(O)C[C@H](OC)[C@H]2C[C@]4(O)[C@@H]1[C@H]2OC. The summed E-state index contributed by atoms with van der Waals surface area (Å²) < 4.78 is 31.0. The Morgan fingerprint density at radius 3 is 2.32 bits per heavy atom. The van der Waals surface area contributed by atoms with Crippen molar-refractivity contribution in [3.05, 3.63) is 29.8 Å². The third-order valence-corrected chi connectivity index (χ3v) is 14.6. The van der Waals surface area contributed by atoms with Crippen LogP contribution in [-0.4, -0.2) is 133 Å². The van der Waals surface area contributed by atoms with Gasteiger partial charge in [0.05, 0.1) is 59.3 Å². The van der Waals surface area contributed by atoms with Crippen LogP contribution in [-0.2, 0) is 33.3 Å². The van der Waals surface area contributed by atoms with Crippen LogP contribution in [0.5, 0.6) is 0 Å². The van der Waals surface area contributed by atoms with Gasteiger partial charge in [0.25, 0.3) is 0 Å². The number of ether oxygens (including phenoxy) is 5. The van der Waals surface area contributed by atoms with Crippen molar-refractivity contribution in [2.45, 2.75) is 93.2 Å². The highest BCUT2D eigenvalue weighted by Gasteiger charge is 2.95. The summed E-state index contributed by atoms with van der Waals surface area (Å²) in [5.41, 5.74) is -7.00. The fraction of sp³-hybridized carbons (Fsp3) is 0.757. The molecule has 0 unspecified atom stereocenters. The number of piperidine rings is 1. The molecule has 0 radical (unpaired) electrons. The Hall–Kier alpha value is -2.49. The smallest absolute Gasteiger partial charge is 0.340 e. The van der Waals surface area contributed by atoms with E-state index >= 15 is 0 Å². The molecule has 8 rings (SSSR count). The van der Waals surface area contributed by atoms with Crippen molar-refractivity contribution in [3.63, 3.8) is 0 Å². The standard InChI is InChI=1S/C37H50N2O11/c1-7-38-17-33(18-50-31(42)20-10-8-9-11-22(20)39-25(40)14-19(2)30(39)41)13-12-24(47-4)36-28(33)29(49-6)37(45,32(36)38)35(44)16-23(46-3)21-15-34(36,43)27(35)26(21)48-5/h8-11,19,21,23-24,26-29,32,43-45H,7,12-18H2,1-6H3/t19-,21-,23+,24+,26+,27+,28-,29+,32+,33+,34+,35-,36-,37+/m1/s1. The lowest BCUT2D eigenvalue weighted by atomic mass is 9.41. The average Bonchev–Trinajstić information content (AvgIpc) is 3.60. The Kier molecular flexibility index (Phi) is 7.79. The number of aliphatic hydroxyl groups is 3. The number of hydrogen-bond donors (Lipinski definition) is 3. The molecular weight excluding hydrogens is 648 g/mol. The maximum atomic E-state index is 14.1. The highest BCUT2D eigenvalue weighted by atomic mass is 16.5. The van der Waals surface area contributed by atoms with E-state index in [1.165, 1.54) is 7.11 Å². The Balaban J connectivity index is 1.26. The van der Waals surface area contributed by atoms with Gasteiger partial charge in [-0.15, -0.1) is 0 Å². The van der Waals surface area contributed by atoms with Gasteiger partial charge in [-0.05, 0) is 37.9 Å². The first-order valence-electron chi connectivity index (χ1n) is 18.0. The van der Waals surface area contributed by atoms with Crippen LogP contribution in [0.15, 0.2) is 24.3 Å². The maximum Gasteiger partial charge on any atom is 0.340 e. The minimum absolute atomic E-state index is 0.0667. The number of imide groups is 1. The van der Waals surface area contributed by atoms with Crippen molar-refractivity contribution in [1.29, 1.82) is 0 Å². The lowest BCUT2D eigenvalue weighted by molar-refractivity contribution is -0.357. The molecule has 2 saturated heterocycles. The minimum Gasteiger partial charge on any atom is -0.461 e. The van der Waals surface area contributed by atoms with E-state index in [0.29, 0.717) is 25.9 Å². The molecule has 274 valence electrons. The van der Waals surface area contributed by atoms with Gasteiger partial charge in [-0.3, -0.25) is 14.5 Å². The summed E-state index contributed by atoms with van der Waals surface area (Å²) >= 11 is 0. The van der Waals surface area contributed by atoms with Crippen molar-refractivity contribution >= 4 is 23.5 Å². The van der Waals surface area contributed by atoms with Gasteiger partial charge in [-0.2, -0.15) is 0 Å². The molecule has 2 aliphatic heterocycles. The Labute approximate surface area is 292 Å². The van der Waals surface area contributed by atoms with Crippen LogP contribution in [0.1, 0.15) is 56.3 Å². The van der Waals surface area contributed by atoms with Crippen LogP contribution in [0.3, 0.4) is 0 Å². The van der Waals surface area contributed by atoms with Crippen LogP contribution in [0, 0.1) is 34.5 Å². The molecule has 2 amide bonds. The third-order valence-electron chi connectivity index (χ3n) is 14.6. The average molecular weight is 699 g/mol. The fourth-order valence-electron chi connectivity index (χ4n) is 13.2. The molecule has 3 N–H and O–H groups in total. The summed E-state index contributed by atoms with van der Waals surface area (Å²) in [6, 6.07) is 5.71. The van der Waals surface area contributed by atoms with E-state index in [1.54, 1.807) is 52.5 Å². The largest absolute Gasteiger partial charge is 0.461 e. The van der Waals surface area contributed by atoms with Crippen molar-refractivity contribution in [2.24, 2.45) is 34.5 Å². The molecule has 14 atom stereocenters. The van der Waals surface area contributed by atoms with Crippen molar-refractivity contribution in [3.8, 4) is 0 Å². The summed E-state index contributed by atoms with van der Waals surface area (Å²) in [5.74, 6) is -3.61. The van der Waals surface area contributed by atoms with Gasteiger partial charge in [-0.25, -0.2) is 9.69 Å². The molecule has 1 aromatic rings. The zero-order chi connectivity index (χ0) is 35.8. The number of hydrogen-bond acceptors (Lipinski definition) is 12. The number of esters is 1. The summed E-state index contributed by atoms with van der Waals surface area (Å²) in [6.45, 7) is 4.48. The first-order valence-corrected chi connectivity index (χ1v) is 18.0. The number of methoxy groups -OCH3 is 4. The first kappa shape index (κ1) is 34.6. The number of carbonyl (C=O) groups excluding carboxylic acids is 3. The van der Waals surface area contributed by atoms with Crippen molar-refractivity contribution < 1.29 is 53.4 Å². The Bertz CT molecular complexity index is 1610. The van der Waals surface area contributed by atoms with Crippen LogP contribution in [0.25, 0.3) is 0 Å². The summed E-state index contributed by atoms with van der Waals surface area (Å²) in [4.78, 5) is 43.1. The summed E-state index contributed by atoms with van der Waals surface area (Å²) in [5, 5.41) is 40.2. The summed E-state index contributed by atoms with van der Waals surface area (Å²) in [6.07, 6.45) is -1.09. The van der Waals surface area contributed by atoms with Gasteiger partial charge in [0.2, 0.25) is 11.8 Å². The van der Waals surface area contributed by atoms with E-state index < -0.39 is 81.8 Å². The lowest BCUT2D eigenvalue weighted by Crippen LogP contribution is -2.86. The zero-order valence-corrected chi connectivity index (χ0v) is 29.7. The monoisotopic (exact) mass is 698 g/mol. The van der Waals surface area contributed by atoms with Crippen LogP contribution in [0.4, 0.5) is 5.69 Å². The Morgan fingerprint density at radius 2 is 1.70 bits per heavy atom. The van der Waals surface area contributed by atoms with Gasteiger partial charge < -0.3 is 39.0 Å². The highest BCUT2D eigenvalue weighted by Crippen LogP contribution is 2.81. The van der Waals surface area contributed by atoms with Gasteiger partial charge in [-0.1, -0.05) is 26.0 Å². The number of fused-ring (bicyclic) bond motifs is 2. The normalized spacial score (nSPS) is 48.7. The van der Waals surface area contributed by atoms with Gasteiger partial charge >= 0.3 is 5.97 Å². The lowest BCUT2D eigenvalue weighted by Gasteiger charge is -2.72. The van der Waals surface area contributed by atoms with Crippen molar-refractivity contribution in [2.75, 3.05) is 53.0 Å². The third kappa shape index (κ3) is 3.73. The molecule has 2 heterocycles. The van der Waals surface area contributed by atoms with Gasteiger partial charge in [0, 0.05) is 76.9 Å². The quantitative estimate of drug-likeness (QED) is 0.249. The number of benzene rings is 1. The molecule has 7 aliphatic rings.